The summed E-state index contributed by atoms with van der Waals surface area (Å²) < 4.78 is 5.46. The molecule has 2 aliphatic heterocycles. The maximum absolute atomic E-state index is 13.1. The topological polar surface area (TPSA) is 49.6 Å². The first-order valence-electron chi connectivity index (χ1n) is 8.24. The molecule has 120 valence electrons. The van der Waals surface area contributed by atoms with Crippen LogP contribution in [0.15, 0.2) is 47.3 Å². The predicted octanol–water partition coefficient (Wildman–Crippen LogP) is 2.69. The van der Waals surface area contributed by atoms with E-state index in [1.165, 1.54) is 0 Å². The van der Waals surface area contributed by atoms with Gasteiger partial charge in [-0.05, 0) is 50.1 Å². The van der Waals surface area contributed by atoms with Crippen molar-refractivity contribution in [3.05, 3.63) is 48.7 Å². The summed E-state index contributed by atoms with van der Waals surface area (Å²) >= 11 is 0. The molecule has 0 aliphatic carbocycles. The SMILES string of the molecule is O=C1N(c2cccnc2)CC[C@@]12CCCN(Cc1ccco1)C2. The largest absolute Gasteiger partial charge is 0.468 e. The Morgan fingerprint density at radius 1 is 1.22 bits per heavy atom. The van der Waals surface area contributed by atoms with Crippen LogP contribution in [0.4, 0.5) is 5.69 Å². The van der Waals surface area contributed by atoms with Gasteiger partial charge in [0.1, 0.15) is 5.76 Å². The lowest BCUT2D eigenvalue weighted by molar-refractivity contribution is -0.128. The van der Waals surface area contributed by atoms with Gasteiger partial charge in [0.15, 0.2) is 0 Å². The molecule has 0 N–H and O–H groups in total. The lowest BCUT2D eigenvalue weighted by Gasteiger charge is -2.38. The first kappa shape index (κ1) is 14.5. The minimum Gasteiger partial charge on any atom is -0.468 e. The molecule has 2 aromatic rings. The van der Waals surface area contributed by atoms with Crippen molar-refractivity contribution in [2.45, 2.75) is 25.8 Å². The van der Waals surface area contributed by atoms with Crippen LogP contribution in [0.5, 0.6) is 0 Å². The molecule has 2 saturated heterocycles. The number of aromatic nitrogens is 1. The average molecular weight is 311 g/mol. The summed E-state index contributed by atoms with van der Waals surface area (Å²) in [5, 5.41) is 0. The normalized spacial score (nSPS) is 25.4. The van der Waals surface area contributed by atoms with Crippen LogP contribution in [0.1, 0.15) is 25.0 Å². The van der Waals surface area contributed by atoms with Crippen molar-refractivity contribution < 1.29 is 9.21 Å². The van der Waals surface area contributed by atoms with Crippen molar-refractivity contribution in [1.82, 2.24) is 9.88 Å². The van der Waals surface area contributed by atoms with E-state index in [0.29, 0.717) is 0 Å². The molecule has 2 aliphatic rings. The first-order valence-corrected chi connectivity index (χ1v) is 8.24. The summed E-state index contributed by atoms with van der Waals surface area (Å²) in [5.74, 6) is 1.23. The number of pyridine rings is 1. The summed E-state index contributed by atoms with van der Waals surface area (Å²) in [7, 11) is 0. The summed E-state index contributed by atoms with van der Waals surface area (Å²) in [6.45, 7) is 3.43. The predicted molar refractivity (Wildman–Crippen MR) is 86.9 cm³/mol. The molecular formula is C18H21N3O2. The second kappa shape index (κ2) is 5.81. The number of likely N-dealkylation sites (tertiary alicyclic amines) is 1. The van der Waals surface area contributed by atoms with E-state index >= 15 is 0 Å². The van der Waals surface area contributed by atoms with Gasteiger partial charge in [0.2, 0.25) is 5.91 Å². The molecule has 0 unspecified atom stereocenters. The lowest BCUT2D eigenvalue weighted by Crippen LogP contribution is -2.47. The number of amides is 1. The molecule has 2 aromatic heterocycles. The third-order valence-electron chi connectivity index (χ3n) is 5.09. The van der Waals surface area contributed by atoms with Crippen molar-refractivity contribution >= 4 is 11.6 Å². The lowest BCUT2D eigenvalue weighted by atomic mass is 9.78. The number of hydrogen-bond donors (Lipinski definition) is 0. The van der Waals surface area contributed by atoms with Gasteiger partial charge in [-0.3, -0.25) is 14.7 Å². The van der Waals surface area contributed by atoms with Gasteiger partial charge in [-0.2, -0.15) is 0 Å². The fourth-order valence-electron chi connectivity index (χ4n) is 3.94. The molecule has 0 saturated carbocycles. The highest BCUT2D eigenvalue weighted by Crippen LogP contribution is 2.41. The molecule has 5 heteroatoms. The van der Waals surface area contributed by atoms with Gasteiger partial charge in [0, 0.05) is 19.3 Å². The highest BCUT2D eigenvalue weighted by molar-refractivity contribution is 6.00. The van der Waals surface area contributed by atoms with Gasteiger partial charge in [0.25, 0.3) is 0 Å². The van der Waals surface area contributed by atoms with Crippen molar-refractivity contribution in [1.29, 1.82) is 0 Å². The molecule has 0 bridgehead atoms. The maximum atomic E-state index is 13.1. The smallest absolute Gasteiger partial charge is 0.234 e. The first-order chi connectivity index (χ1) is 11.3. The fraction of sp³-hybridized carbons (Fsp3) is 0.444. The monoisotopic (exact) mass is 311 g/mol. The van der Waals surface area contributed by atoms with Crippen LogP contribution in [0.3, 0.4) is 0 Å². The zero-order valence-corrected chi connectivity index (χ0v) is 13.1. The number of rotatable bonds is 3. The Balaban J connectivity index is 1.51. The molecule has 1 amide bonds. The van der Waals surface area contributed by atoms with Crippen LogP contribution in [0.2, 0.25) is 0 Å². The van der Waals surface area contributed by atoms with Crippen LogP contribution in [-0.2, 0) is 11.3 Å². The van der Waals surface area contributed by atoms with Crippen LogP contribution >= 0.6 is 0 Å². The van der Waals surface area contributed by atoms with Gasteiger partial charge >= 0.3 is 0 Å². The minimum atomic E-state index is -0.235. The summed E-state index contributed by atoms with van der Waals surface area (Å²) in [6, 6.07) is 7.77. The second-order valence-electron chi connectivity index (χ2n) is 6.59. The molecule has 2 fully saturated rings. The van der Waals surface area contributed by atoms with E-state index in [1.54, 1.807) is 18.7 Å². The Labute approximate surface area is 135 Å². The molecule has 0 aromatic carbocycles. The Morgan fingerprint density at radius 3 is 2.96 bits per heavy atom. The Hall–Kier alpha value is -2.14. The maximum Gasteiger partial charge on any atom is 0.234 e. The molecule has 23 heavy (non-hydrogen) atoms. The molecule has 5 nitrogen and oxygen atoms in total. The van der Waals surface area contributed by atoms with Crippen LogP contribution in [-0.4, -0.2) is 35.4 Å². The van der Waals surface area contributed by atoms with Crippen LogP contribution in [0, 0.1) is 5.41 Å². The highest BCUT2D eigenvalue weighted by Gasteiger charge is 2.49. The molecule has 0 radical (unpaired) electrons. The number of carbonyl (C=O) groups excluding carboxylic acids is 1. The fourth-order valence-corrected chi connectivity index (χ4v) is 3.94. The zero-order valence-electron chi connectivity index (χ0n) is 13.1. The highest BCUT2D eigenvalue weighted by atomic mass is 16.3. The summed E-state index contributed by atoms with van der Waals surface area (Å²) in [6.07, 6.45) is 8.20. The van der Waals surface area contributed by atoms with Crippen molar-refractivity contribution in [2.24, 2.45) is 5.41 Å². The van der Waals surface area contributed by atoms with Gasteiger partial charge in [-0.1, -0.05) is 0 Å². The summed E-state index contributed by atoms with van der Waals surface area (Å²) in [5.41, 5.74) is 0.679. The van der Waals surface area contributed by atoms with Gasteiger partial charge in [0.05, 0.1) is 30.1 Å². The van der Waals surface area contributed by atoms with E-state index in [2.05, 4.69) is 9.88 Å². The summed E-state index contributed by atoms with van der Waals surface area (Å²) in [4.78, 5) is 21.5. The molecule has 4 heterocycles. The van der Waals surface area contributed by atoms with Gasteiger partial charge < -0.3 is 9.32 Å². The van der Waals surface area contributed by atoms with E-state index < -0.39 is 0 Å². The Kier molecular flexibility index (Phi) is 3.65. The number of anilines is 1. The number of piperidine rings is 1. The van der Waals surface area contributed by atoms with E-state index in [4.69, 9.17) is 4.42 Å². The third kappa shape index (κ3) is 2.65. The van der Waals surface area contributed by atoms with Crippen molar-refractivity contribution in [3.63, 3.8) is 0 Å². The van der Waals surface area contributed by atoms with E-state index in [0.717, 1.165) is 56.9 Å². The molecule has 1 spiro atoms. The van der Waals surface area contributed by atoms with E-state index in [1.807, 2.05) is 29.2 Å². The van der Waals surface area contributed by atoms with Gasteiger partial charge in [-0.15, -0.1) is 0 Å². The van der Waals surface area contributed by atoms with E-state index in [-0.39, 0.29) is 11.3 Å². The Bertz CT molecular complexity index is 671. The quantitative estimate of drug-likeness (QED) is 0.874. The average Bonchev–Trinajstić information content (AvgIpc) is 3.19. The second-order valence-corrected chi connectivity index (χ2v) is 6.59. The number of hydrogen-bond acceptors (Lipinski definition) is 4. The van der Waals surface area contributed by atoms with Crippen LogP contribution in [0.25, 0.3) is 0 Å². The number of carbonyl (C=O) groups is 1. The van der Waals surface area contributed by atoms with E-state index in [9.17, 15) is 4.79 Å². The molecule has 4 rings (SSSR count). The molecule has 1 atom stereocenters. The Morgan fingerprint density at radius 2 is 2.17 bits per heavy atom. The number of nitrogens with zero attached hydrogens (tertiary/aromatic N) is 3. The van der Waals surface area contributed by atoms with Gasteiger partial charge in [-0.25, -0.2) is 0 Å². The third-order valence-corrected chi connectivity index (χ3v) is 5.09. The standard InChI is InChI=1S/C18H21N3O2/c22-17-18(7-10-21(17)15-4-1-8-19-12-15)6-3-9-20(14-18)13-16-5-2-11-23-16/h1-2,4-5,8,11-12H,3,6-7,9-10,13-14H2/t18-/m1/s1. The van der Waals surface area contributed by atoms with Crippen molar-refractivity contribution in [3.8, 4) is 0 Å². The van der Waals surface area contributed by atoms with Crippen LogP contribution < -0.4 is 4.90 Å². The molecular weight excluding hydrogens is 290 g/mol. The minimum absolute atomic E-state index is 0.235. The number of furan rings is 1. The zero-order chi connectivity index (χ0) is 15.7. The van der Waals surface area contributed by atoms with Crippen molar-refractivity contribution in [2.75, 3.05) is 24.5 Å².